The van der Waals surface area contributed by atoms with Crippen molar-refractivity contribution in [1.82, 2.24) is 15.1 Å². The minimum absolute atomic E-state index is 0.222. The van der Waals surface area contributed by atoms with Crippen LogP contribution in [-0.4, -0.2) is 9.78 Å². The van der Waals surface area contributed by atoms with E-state index in [1.165, 1.54) is 12.1 Å². The van der Waals surface area contributed by atoms with Crippen LogP contribution in [0.2, 0.25) is 10.0 Å². The van der Waals surface area contributed by atoms with E-state index < -0.39 is 0 Å². The zero-order valence-corrected chi connectivity index (χ0v) is 16.2. The molecular weight excluding hydrogens is 372 g/mol. The molecule has 2 aromatic carbocycles. The highest BCUT2D eigenvalue weighted by molar-refractivity contribution is 6.35. The molecule has 6 heteroatoms. The van der Waals surface area contributed by atoms with Gasteiger partial charge in [-0.25, -0.2) is 4.39 Å². The smallest absolute Gasteiger partial charge is 0.123 e. The zero-order chi connectivity index (χ0) is 18.7. The second kappa shape index (κ2) is 8.21. The monoisotopic (exact) mass is 391 g/mol. The molecule has 0 aliphatic rings. The molecule has 0 saturated heterocycles. The first-order valence-corrected chi connectivity index (χ1v) is 9.12. The number of nitrogens with one attached hydrogen (secondary N) is 1. The van der Waals surface area contributed by atoms with Crippen molar-refractivity contribution in [1.29, 1.82) is 0 Å². The summed E-state index contributed by atoms with van der Waals surface area (Å²) in [5.74, 6) is -0.222. The van der Waals surface area contributed by atoms with Crippen LogP contribution in [0, 0.1) is 19.7 Å². The molecule has 1 N–H and O–H groups in total. The summed E-state index contributed by atoms with van der Waals surface area (Å²) >= 11 is 12.6. The maximum atomic E-state index is 13.0. The molecule has 0 unspecified atom stereocenters. The first-order valence-electron chi connectivity index (χ1n) is 8.36. The van der Waals surface area contributed by atoms with Gasteiger partial charge in [0.1, 0.15) is 5.82 Å². The molecule has 3 rings (SSSR count). The van der Waals surface area contributed by atoms with Crippen molar-refractivity contribution in [3.05, 3.63) is 86.4 Å². The topological polar surface area (TPSA) is 29.9 Å². The van der Waals surface area contributed by atoms with E-state index in [0.717, 1.165) is 28.1 Å². The van der Waals surface area contributed by atoms with Crippen LogP contribution in [0.3, 0.4) is 0 Å². The van der Waals surface area contributed by atoms with Crippen molar-refractivity contribution < 1.29 is 4.39 Å². The summed E-state index contributed by atoms with van der Waals surface area (Å²) in [6.07, 6.45) is 0. The van der Waals surface area contributed by atoms with Crippen LogP contribution >= 0.6 is 23.2 Å². The fourth-order valence-corrected chi connectivity index (χ4v) is 3.43. The predicted octanol–water partition coefficient (Wildman–Crippen LogP) is 5.28. The van der Waals surface area contributed by atoms with Crippen molar-refractivity contribution in [3.63, 3.8) is 0 Å². The number of aromatic nitrogens is 2. The Morgan fingerprint density at radius 2 is 1.62 bits per heavy atom. The number of rotatable bonds is 6. The fourth-order valence-electron chi connectivity index (χ4n) is 2.91. The molecule has 1 heterocycles. The average molecular weight is 392 g/mol. The van der Waals surface area contributed by atoms with E-state index >= 15 is 0 Å². The SMILES string of the molecule is Cc1nn(Cc2c(Cl)cccc2Cl)c(C)c1CNCc1ccc(F)cc1. The Bertz CT molecular complexity index is 884. The number of benzene rings is 2. The van der Waals surface area contributed by atoms with Gasteiger partial charge in [0.2, 0.25) is 0 Å². The molecule has 0 atom stereocenters. The molecule has 0 aliphatic heterocycles. The molecule has 1 aromatic heterocycles. The second-order valence-electron chi connectivity index (χ2n) is 6.24. The molecule has 3 nitrogen and oxygen atoms in total. The summed E-state index contributed by atoms with van der Waals surface area (Å²) in [4.78, 5) is 0. The van der Waals surface area contributed by atoms with Gasteiger partial charge in [-0.1, -0.05) is 41.4 Å². The average Bonchev–Trinajstić information content (AvgIpc) is 2.87. The number of nitrogens with zero attached hydrogens (tertiary/aromatic N) is 2. The van der Waals surface area contributed by atoms with Gasteiger partial charge >= 0.3 is 0 Å². The maximum absolute atomic E-state index is 13.0. The minimum atomic E-state index is -0.222. The van der Waals surface area contributed by atoms with Gasteiger partial charge in [0.25, 0.3) is 0 Å². The summed E-state index contributed by atoms with van der Waals surface area (Å²) in [5, 5.41) is 9.31. The van der Waals surface area contributed by atoms with Gasteiger partial charge < -0.3 is 5.32 Å². The third-order valence-electron chi connectivity index (χ3n) is 4.45. The number of aryl methyl sites for hydroxylation is 1. The molecule has 0 bridgehead atoms. The van der Waals surface area contributed by atoms with E-state index in [4.69, 9.17) is 23.2 Å². The van der Waals surface area contributed by atoms with Crippen LogP contribution in [0.4, 0.5) is 4.39 Å². The van der Waals surface area contributed by atoms with Crippen LogP contribution in [0.1, 0.15) is 28.1 Å². The lowest BCUT2D eigenvalue weighted by Gasteiger charge is -2.10. The van der Waals surface area contributed by atoms with Crippen LogP contribution in [0.5, 0.6) is 0 Å². The molecule has 0 spiro atoms. The summed E-state index contributed by atoms with van der Waals surface area (Å²) in [5.41, 5.74) is 5.10. The molecule has 3 aromatic rings. The molecule has 0 fully saturated rings. The van der Waals surface area contributed by atoms with Gasteiger partial charge in [-0.05, 0) is 43.7 Å². The highest BCUT2D eigenvalue weighted by atomic mass is 35.5. The molecule has 26 heavy (non-hydrogen) atoms. The van der Waals surface area contributed by atoms with Crippen LogP contribution in [0.15, 0.2) is 42.5 Å². The van der Waals surface area contributed by atoms with Crippen molar-refractivity contribution in [2.75, 3.05) is 0 Å². The van der Waals surface area contributed by atoms with E-state index in [9.17, 15) is 4.39 Å². The van der Waals surface area contributed by atoms with Gasteiger partial charge in [0, 0.05) is 40.0 Å². The highest BCUT2D eigenvalue weighted by Gasteiger charge is 2.14. The van der Waals surface area contributed by atoms with Crippen molar-refractivity contribution in [3.8, 4) is 0 Å². The Kier molecular flexibility index (Phi) is 5.97. The Morgan fingerprint density at radius 1 is 0.962 bits per heavy atom. The number of halogens is 3. The maximum Gasteiger partial charge on any atom is 0.123 e. The number of hydrogen-bond acceptors (Lipinski definition) is 2. The summed E-state index contributed by atoms with van der Waals surface area (Å²) in [6.45, 7) is 5.92. The lowest BCUT2D eigenvalue weighted by atomic mass is 10.1. The van der Waals surface area contributed by atoms with Gasteiger partial charge in [-0.2, -0.15) is 5.10 Å². The van der Waals surface area contributed by atoms with Crippen molar-refractivity contribution in [2.45, 2.75) is 33.5 Å². The Balaban J connectivity index is 1.70. The fraction of sp³-hybridized carbons (Fsp3) is 0.250. The van der Waals surface area contributed by atoms with Crippen LogP contribution in [0.25, 0.3) is 0 Å². The Morgan fingerprint density at radius 3 is 2.27 bits per heavy atom. The van der Waals surface area contributed by atoms with E-state index in [1.807, 2.05) is 36.7 Å². The zero-order valence-electron chi connectivity index (χ0n) is 14.7. The Labute approximate surface area is 162 Å². The largest absolute Gasteiger partial charge is 0.308 e. The van der Waals surface area contributed by atoms with Gasteiger partial charge in [0.05, 0.1) is 12.2 Å². The van der Waals surface area contributed by atoms with Crippen LogP contribution in [-0.2, 0) is 19.6 Å². The molecule has 0 amide bonds. The van der Waals surface area contributed by atoms with Crippen molar-refractivity contribution >= 4 is 23.2 Å². The molecular formula is C20H20Cl2FN3. The van der Waals surface area contributed by atoms with E-state index in [-0.39, 0.29) is 5.82 Å². The minimum Gasteiger partial charge on any atom is -0.308 e. The molecule has 0 aliphatic carbocycles. The standard InChI is InChI=1S/C20H20Cl2FN3/c1-13-17(11-24-10-15-6-8-16(23)9-7-15)14(2)26(25-13)12-18-19(21)4-3-5-20(18)22/h3-9,24H,10-12H2,1-2H3. The van der Waals surface area contributed by atoms with E-state index in [2.05, 4.69) is 10.4 Å². The first kappa shape index (κ1) is 18.9. The van der Waals surface area contributed by atoms with Crippen molar-refractivity contribution in [2.24, 2.45) is 0 Å². The lowest BCUT2D eigenvalue weighted by molar-refractivity contribution is 0.624. The Hall–Kier alpha value is -1.88. The third-order valence-corrected chi connectivity index (χ3v) is 5.15. The normalized spacial score (nSPS) is 11.1. The molecule has 136 valence electrons. The van der Waals surface area contributed by atoms with E-state index in [1.54, 1.807) is 12.1 Å². The highest BCUT2D eigenvalue weighted by Crippen LogP contribution is 2.26. The molecule has 0 radical (unpaired) electrons. The first-order chi connectivity index (χ1) is 12.5. The molecule has 0 saturated carbocycles. The van der Waals surface area contributed by atoms with Crippen LogP contribution < -0.4 is 5.32 Å². The van der Waals surface area contributed by atoms with E-state index in [0.29, 0.717) is 29.7 Å². The van der Waals surface area contributed by atoms with Gasteiger partial charge in [-0.3, -0.25) is 4.68 Å². The second-order valence-corrected chi connectivity index (χ2v) is 7.05. The summed E-state index contributed by atoms with van der Waals surface area (Å²) in [6, 6.07) is 12.0. The summed E-state index contributed by atoms with van der Waals surface area (Å²) < 4.78 is 14.9. The number of hydrogen-bond donors (Lipinski definition) is 1. The third kappa shape index (κ3) is 4.26. The predicted molar refractivity (Wildman–Crippen MR) is 104 cm³/mol. The van der Waals surface area contributed by atoms with Gasteiger partial charge in [0.15, 0.2) is 0 Å². The summed E-state index contributed by atoms with van der Waals surface area (Å²) in [7, 11) is 0. The quantitative estimate of drug-likeness (QED) is 0.618. The lowest BCUT2D eigenvalue weighted by Crippen LogP contribution is -2.14. The van der Waals surface area contributed by atoms with Gasteiger partial charge in [-0.15, -0.1) is 0 Å².